The van der Waals surface area contributed by atoms with Crippen LogP contribution in [0.15, 0.2) is 23.0 Å². The SMILES string of the molecule is O=C(NC1CCN([C@H]2CCCC[C@@H]2O)CC1)c1cccc(=O)[nH]1. The number of aromatic nitrogens is 1. The van der Waals surface area contributed by atoms with Gasteiger partial charge < -0.3 is 15.4 Å². The number of aliphatic hydroxyl groups excluding tert-OH is 1. The van der Waals surface area contributed by atoms with Gasteiger partial charge in [0, 0.05) is 31.2 Å². The lowest BCUT2D eigenvalue weighted by Gasteiger charge is -2.41. The van der Waals surface area contributed by atoms with Crippen molar-refractivity contribution >= 4 is 5.91 Å². The second-order valence-corrected chi connectivity index (χ2v) is 6.63. The fraction of sp³-hybridized carbons (Fsp3) is 0.647. The van der Waals surface area contributed by atoms with E-state index in [1.54, 1.807) is 12.1 Å². The number of nitrogens with one attached hydrogen (secondary N) is 2. The lowest BCUT2D eigenvalue weighted by Crippen LogP contribution is -2.52. The standard InChI is InChI=1S/C17H25N3O3/c21-15-6-2-1-5-14(15)20-10-8-12(9-11-20)18-17(23)13-4-3-7-16(22)19-13/h3-4,7,12,14-15,21H,1-2,5-6,8-11H2,(H,18,23)(H,19,22)/t14-,15-/m0/s1. The molecule has 0 spiro atoms. The van der Waals surface area contributed by atoms with Crippen molar-refractivity contribution in [1.29, 1.82) is 0 Å². The number of nitrogens with zero attached hydrogens (tertiary/aromatic N) is 1. The van der Waals surface area contributed by atoms with E-state index in [1.807, 2.05) is 0 Å². The summed E-state index contributed by atoms with van der Waals surface area (Å²) in [5, 5.41) is 13.2. The van der Waals surface area contributed by atoms with E-state index in [-0.39, 0.29) is 29.7 Å². The Balaban J connectivity index is 1.51. The number of aliphatic hydroxyl groups is 1. The van der Waals surface area contributed by atoms with Crippen LogP contribution >= 0.6 is 0 Å². The predicted octanol–water partition coefficient (Wildman–Crippen LogP) is 0.873. The maximum atomic E-state index is 12.2. The Kier molecular flexibility index (Phi) is 5.13. The summed E-state index contributed by atoms with van der Waals surface area (Å²) >= 11 is 0. The van der Waals surface area contributed by atoms with Crippen molar-refractivity contribution in [2.24, 2.45) is 0 Å². The molecule has 0 bridgehead atoms. The molecule has 1 saturated carbocycles. The van der Waals surface area contributed by atoms with Crippen molar-refractivity contribution in [3.05, 3.63) is 34.2 Å². The Morgan fingerprint density at radius 2 is 1.91 bits per heavy atom. The van der Waals surface area contributed by atoms with Crippen LogP contribution in [0.1, 0.15) is 49.0 Å². The molecule has 126 valence electrons. The van der Waals surface area contributed by atoms with Crippen LogP contribution in [0.25, 0.3) is 0 Å². The van der Waals surface area contributed by atoms with E-state index >= 15 is 0 Å². The molecule has 1 saturated heterocycles. The number of piperidine rings is 1. The number of pyridine rings is 1. The molecule has 6 nitrogen and oxygen atoms in total. The molecule has 1 aliphatic carbocycles. The zero-order valence-corrected chi connectivity index (χ0v) is 13.3. The molecule has 0 unspecified atom stereocenters. The van der Waals surface area contributed by atoms with Gasteiger partial charge in [-0.2, -0.15) is 0 Å². The molecule has 3 N–H and O–H groups in total. The highest BCUT2D eigenvalue weighted by molar-refractivity contribution is 5.92. The summed E-state index contributed by atoms with van der Waals surface area (Å²) in [5.74, 6) is -0.223. The van der Waals surface area contributed by atoms with Gasteiger partial charge in [0.15, 0.2) is 0 Å². The van der Waals surface area contributed by atoms with E-state index in [4.69, 9.17) is 0 Å². The molecule has 3 rings (SSSR count). The number of carbonyl (C=O) groups excluding carboxylic acids is 1. The van der Waals surface area contributed by atoms with Gasteiger partial charge >= 0.3 is 0 Å². The van der Waals surface area contributed by atoms with Crippen LogP contribution < -0.4 is 10.9 Å². The van der Waals surface area contributed by atoms with E-state index in [0.29, 0.717) is 5.69 Å². The predicted molar refractivity (Wildman–Crippen MR) is 87.4 cm³/mol. The summed E-state index contributed by atoms with van der Waals surface area (Å²) in [7, 11) is 0. The largest absolute Gasteiger partial charge is 0.391 e. The van der Waals surface area contributed by atoms with Crippen molar-refractivity contribution in [1.82, 2.24) is 15.2 Å². The molecule has 1 amide bonds. The van der Waals surface area contributed by atoms with Gasteiger partial charge in [-0.05, 0) is 31.7 Å². The van der Waals surface area contributed by atoms with Gasteiger partial charge in [0.05, 0.1) is 6.10 Å². The van der Waals surface area contributed by atoms with Gasteiger partial charge in [0.1, 0.15) is 5.69 Å². The monoisotopic (exact) mass is 319 g/mol. The van der Waals surface area contributed by atoms with Gasteiger partial charge in [-0.25, -0.2) is 0 Å². The van der Waals surface area contributed by atoms with Crippen molar-refractivity contribution in [3.63, 3.8) is 0 Å². The Bertz CT molecular complexity index is 593. The highest BCUT2D eigenvalue weighted by atomic mass is 16.3. The molecule has 2 aliphatic rings. The second kappa shape index (κ2) is 7.27. The summed E-state index contributed by atoms with van der Waals surface area (Å²) in [6, 6.07) is 5.00. The molecule has 6 heteroatoms. The van der Waals surface area contributed by atoms with Crippen LogP contribution in [-0.4, -0.2) is 52.2 Å². The Labute approximate surface area is 135 Å². The van der Waals surface area contributed by atoms with Crippen LogP contribution in [0.5, 0.6) is 0 Å². The number of likely N-dealkylation sites (tertiary alicyclic amines) is 1. The molecule has 2 fully saturated rings. The molecule has 1 aromatic heterocycles. The first kappa shape index (κ1) is 16.2. The minimum Gasteiger partial charge on any atom is -0.391 e. The van der Waals surface area contributed by atoms with Gasteiger partial charge in [-0.1, -0.05) is 18.9 Å². The molecule has 1 aliphatic heterocycles. The first-order chi connectivity index (χ1) is 11.1. The Hall–Kier alpha value is -1.66. The van der Waals surface area contributed by atoms with Crippen LogP contribution in [0.4, 0.5) is 0 Å². The first-order valence-corrected chi connectivity index (χ1v) is 8.56. The molecule has 0 radical (unpaired) electrons. The normalized spacial score (nSPS) is 26.8. The summed E-state index contributed by atoms with van der Waals surface area (Å²) in [6.45, 7) is 1.80. The fourth-order valence-corrected chi connectivity index (χ4v) is 3.74. The molecule has 0 aromatic carbocycles. The summed E-state index contributed by atoms with van der Waals surface area (Å²) in [6.07, 6.45) is 5.85. The number of hydrogen-bond donors (Lipinski definition) is 3. The van der Waals surface area contributed by atoms with Crippen LogP contribution in [0, 0.1) is 0 Å². The van der Waals surface area contributed by atoms with Gasteiger partial charge in [0.2, 0.25) is 5.56 Å². The molecule has 2 atom stereocenters. The van der Waals surface area contributed by atoms with Crippen LogP contribution in [0.2, 0.25) is 0 Å². The maximum absolute atomic E-state index is 12.2. The molecular weight excluding hydrogens is 294 g/mol. The second-order valence-electron chi connectivity index (χ2n) is 6.63. The molecular formula is C17H25N3O3. The Morgan fingerprint density at radius 1 is 1.17 bits per heavy atom. The van der Waals surface area contributed by atoms with E-state index in [0.717, 1.165) is 45.2 Å². The maximum Gasteiger partial charge on any atom is 0.268 e. The zero-order valence-electron chi connectivity index (χ0n) is 13.3. The zero-order chi connectivity index (χ0) is 16.2. The van der Waals surface area contributed by atoms with E-state index in [2.05, 4.69) is 15.2 Å². The highest BCUT2D eigenvalue weighted by Gasteiger charge is 2.31. The number of H-pyrrole nitrogens is 1. The summed E-state index contributed by atoms with van der Waals surface area (Å²) in [5.41, 5.74) is 0.0430. The van der Waals surface area contributed by atoms with Crippen molar-refractivity contribution in [2.45, 2.75) is 56.7 Å². The number of hydrogen-bond acceptors (Lipinski definition) is 4. The number of aromatic amines is 1. The third-order valence-corrected chi connectivity index (χ3v) is 5.04. The van der Waals surface area contributed by atoms with Gasteiger partial charge in [-0.15, -0.1) is 0 Å². The van der Waals surface area contributed by atoms with Crippen molar-refractivity contribution in [3.8, 4) is 0 Å². The highest BCUT2D eigenvalue weighted by Crippen LogP contribution is 2.25. The van der Waals surface area contributed by atoms with Crippen molar-refractivity contribution in [2.75, 3.05) is 13.1 Å². The van der Waals surface area contributed by atoms with Gasteiger partial charge in [0.25, 0.3) is 5.91 Å². The molecule has 1 aromatic rings. The van der Waals surface area contributed by atoms with E-state index in [1.165, 1.54) is 12.5 Å². The minimum absolute atomic E-state index is 0.128. The first-order valence-electron chi connectivity index (χ1n) is 8.56. The van der Waals surface area contributed by atoms with Crippen LogP contribution in [0.3, 0.4) is 0 Å². The smallest absolute Gasteiger partial charge is 0.268 e. The number of carbonyl (C=O) groups is 1. The molecule has 23 heavy (non-hydrogen) atoms. The quantitative estimate of drug-likeness (QED) is 0.772. The minimum atomic E-state index is -0.265. The third kappa shape index (κ3) is 4.00. The van der Waals surface area contributed by atoms with Crippen molar-refractivity contribution < 1.29 is 9.90 Å². The lowest BCUT2D eigenvalue weighted by molar-refractivity contribution is 0.00726. The Morgan fingerprint density at radius 3 is 2.61 bits per heavy atom. The average Bonchev–Trinajstić information content (AvgIpc) is 2.56. The topological polar surface area (TPSA) is 85.4 Å². The number of rotatable bonds is 3. The van der Waals surface area contributed by atoms with E-state index in [9.17, 15) is 14.7 Å². The summed E-state index contributed by atoms with van der Waals surface area (Å²) in [4.78, 5) is 28.4. The fourth-order valence-electron chi connectivity index (χ4n) is 3.74. The number of amides is 1. The average molecular weight is 319 g/mol. The summed E-state index contributed by atoms with van der Waals surface area (Å²) < 4.78 is 0. The van der Waals surface area contributed by atoms with Crippen LogP contribution in [-0.2, 0) is 0 Å². The van der Waals surface area contributed by atoms with Gasteiger partial charge in [-0.3, -0.25) is 14.5 Å². The van der Waals surface area contributed by atoms with E-state index < -0.39 is 0 Å². The third-order valence-electron chi connectivity index (χ3n) is 5.04. The lowest BCUT2D eigenvalue weighted by atomic mass is 9.89. The molecule has 2 heterocycles.